The van der Waals surface area contributed by atoms with Gasteiger partial charge in [0.1, 0.15) is 0 Å². The zero-order valence-electron chi connectivity index (χ0n) is 10.4. The molecule has 0 fully saturated rings. The van der Waals surface area contributed by atoms with Gasteiger partial charge in [0.25, 0.3) is 5.56 Å². The fraction of sp³-hybridized carbons (Fsp3) is 0.545. The molecule has 0 spiro atoms. The highest BCUT2D eigenvalue weighted by Gasteiger charge is 2.04. The largest absolute Gasteiger partial charge is 0.394 e. The highest BCUT2D eigenvalue weighted by molar-refractivity contribution is 5.77. The number of amides is 1. The van der Waals surface area contributed by atoms with Crippen LogP contribution in [0.5, 0.6) is 0 Å². The van der Waals surface area contributed by atoms with Crippen molar-refractivity contribution in [3.8, 4) is 0 Å². The molecule has 1 heterocycles. The molecule has 0 aliphatic carbocycles. The lowest BCUT2D eigenvalue weighted by Gasteiger charge is -2.05. The van der Waals surface area contributed by atoms with E-state index in [4.69, 9.17) is 9.84 Å². The molecule has 8 nitrogen and oxygen atoms in total. The van der Waals surface area contributed by atoms with Gasteiger partial charge in [-0.25, -0.2) is 4.79 Å². The summed E-state index contributed by atoms with van der Waals surface area (Å²) in [6, 6.07) is 1.17. The van der Waals surface area contributed by atoms with Crippen LogP contribution in [0.3, 0.4) is 0 Å². The second kappa shape index (κ2) is 8.22. The summed E-state index contributed by atoms with van der Waals surface area (Å²) in [5.74, 6) is -0.289. The van der Waals surface area contributed by atoms with Crippen LogP contribution in [0.4, 0.5) is 0 Å². The average Bonchev–Trinajstić information content (AvgIpc) is 2.32. The molecule has 19 heavy (non-hydrogen) atoms. The first-order valence-corrected chi connectivity index (χ1v) is 5.89. The van der Waals surface area contributed by atoms with Gasteiger partial charge in [-0.15, -0.1) is 0 Å². The highest BCUT2D eigenvalue weighted by atomic mass is 16.5. The molecule has 0 aliphatic rings. The molecule has 1 rings (SSSR count). The van der Waals surface area contributed by atoms with Crippen LogP contribution in [-0.4, -0.2) is 47.3 Å². The normalized spacial score (nSPS) is 10.4. The maximum atomic E-state index is 11.5. The Morgan fingerprint density at radius 2 is 2.11 bits per heavy atom. The second-order valence-corrected chi connectivity index (χ2v) is 3.83. The van der Waals surface area contributed by atoms with Gasteiger partial charge in [-0.05, 0) is 6.42 Å². The van der Waals surface area contributed by atoms with Gasteiger partial charge in [0.15, 0.2) is 0 Å². The molecule has 1 aromatic rings. The lowest BCUT2D eigenvalue weighted by Crippen LogP contribution is -2.30. The summed E-state index contributed by atoms with van der Waals surface area (Å²) in [5, 5.41) is 11.1. The minimum Gasteiger partial charge on any atom is -0.394 e. The maximum Gasteiger partial charge on any atom is 0.325 e. The van der Waals surface area contributed by atoms with E-state index in [1.54, 1.807) is 0 Å². The predicted molar refractivity (Wildman–Crippen MR) is 66.9 cm³/mol. The number of carbonyl (C=O) groups excluding carboxylic acids is 1. The van der Waals surface area contributed by atoms with Crippen LogP contribution >= 0.6 is 0 Å². The van der Waals surface area contributed by atoms with E-state index < -0.39 is 11.2 Å². The van der Waals surface area contributed by atoms with Crippen molar-refractivity contribution in [2.24, 2.45) is 0 Å². The Balaban J connectivity index is 2.27. The van der Waals surface area contributed by atoms with Crippen molar-refractivity contribution < 1.29 is 14.6 Å². The summed E-state index contributed by atoms with van der Waals surface area (Å²) in [6.45, 7) is 1.13. The zero-order valence-corrected chi connectivity index (χ0v) is 10.4. The predicted octanol–water partition coefficient (Wildman–Crippen LogP) is -1.88. The Bertz CT molecular complexity index is 479. The molecular weight excluding hydrogens is 254 g/mol. The molecule has 4 N–H and O–H groups in total. The number of hydrogen-bond acceptors (Lipinski definition) is 5. The van der Waals surface area contributed by atoms with E-state index in [1.165, 1.54) is 6.07 Å². The van der Waals surface area contributed by atoms with E-state index in [1.807, 2.05) is 4.98 Å². The van der Waals surface area contributed by atoms with Gasteiger partial charge < -0.3 is 20.1 Å². The molecule has 0 unspecified atom stereocenters. The number of ether oxygens (including phenoxy) is 1. The summed E-state index contributed by atoms with van der Waals surface area (Å²) in [6.07, 6.45) is 0.564. The van der Waals surface area contributed by atoms with Crippen molar-refractivity contribution in [3.05, 3.63) is 32.6 Å². The number of aliphatic hydroxyl groups excluding tert-OH is 1. The lowest BCUT2D eigenvalue weighted by molar-refractivity contribution is -0.120. The molecule has 0 saturated carbocycles. The van der Waals surface area contributed by atoms with Crippen LogP contribution in [0.2, 0.25) is 0 Å². The van der Waals surface area contributed by atoms with Crippen molar-refractivity contribution in [2.75, 3.05) is 26.4 Å². The first-order valence-electron chi connectivity index (χ1n) is 5.89. The zero-order chi connectivity index (χ0) is 14.1. The minimum absolute atomic E-state index is 0.0255. The molecule has 0 radical (unpaired) electrons. The Hall–Kier alpha value is -1.93. The molecular formula is C11H17N3O5. The Kier molecular flexibility index (Phi) is 6.55. The highest BCUT2D eigenvalue weighted by Crippen LogP contribution is 1.88. The standard InChI is InChI=1S/C11H17N3O5/c15-3-5-19-4-1-2-12-9(16)6-8-7-10(17)14-11(18)13-8/h7,15H,1-6H2,(H,12,16)(H2,13,14,17,18). The summed E-state index contributed by atoms with van der Waals surface area (Å²) < 4.78 is 5.02. The summed E-state index contributed by atoms with van der Waals surface area (Å²) in [4.78, 5) is 37.9. The third-order valence-electron chi connectivity index (χ3n) is 2.19. The summed E-state index contributed by atoms with van der Waals surface area (Å²) >= 11 is 0. The first kappa shape index (κ1) is 15.1. The molecule has 1 aromatic heterocycles. The molecule has 8 heteroatoms. The van der Waals surface area contributed by atoms with E-state index in [0.717, 1.165) is 0 Å². The number of nitrogens with one attached hydrogen (secondary N) is 3. The minimum atomic E-state index is -0.632. The van der Waals surface area contributed by atoms with Crippen molar-refractivity contribution >= 4 is 5.91 Å². The molecule has 106 valence electrons. The topological polar surface area (TPSA) is 124 Å². The average molecular weight is 271 g/mol. The fourth-order valence-electron chi connectivity index (χ4n) is 1.42. The number of hydrogen-bond donors (Lipinski definition) is 4. The van der Waals surface area contributed by atoms with Gasteiger partial charge in [0.2, 0.25) is 5.91 Å². The summed E-state index contributed by atoms with van der Waals surface area (Å²) in [5.41, 5.74) is -0.903. The summed E-state index contributed by atoms with van der Waals surface area (Å²) in [7, 11) is 0. The third-order valence-corrected chi connectivity index (χ3v) is 2.19. The van der Waals surface area contributed by atoms with Gasteiger partial charge in [0, 0.05) is 24.9 Å². The van der Waals surface area contributed by atoms with Crippen molar-refractivity contribution in [1.82, 2.24) is 15.3 Å². The monoisotopic (exact) mass is 271 g/mol. The molecule has 1 amide bonds. The number of aromatic amines is 2. The van der Waals surface area contributed by atoms with Crippen LogP contribution in [0, 0.1) is 0 Å². The smallest absolute Gasteiger partial charge is 0.325 e. The third kappa shape index (κ3) is 6.53. The number of H-pyrrole nitrogens is 2. The molecule has 0 bridgehead atoms. The molecule has 0 saturated heterocycles. The van der Waals surface area contributed by atoms with E-state index in [2.05, 4.69) is 10.3 Å². The number of carbonyl (C=O) groups is 1. The maximum absolute atomic E-state index is 11.5. The van der Waals surface area contributed by atoms with Crippen LogP contribution in [0.15, 0.2) is 15.7 Å². The fourth-order valence-corrected chi connectivity index (χ4v) is 1.42. The first-order chi connectivity index (χ1) is 9.11. The Labute approximate surface area is 108 Å². The van der Waals surface area contributed by atoms with Crippen LogP contribution in [0.25, 0.3) is 0 Å². The van der Waals surface area contributed by atoms with E-state index in [0.29, 0.717) is 19.6 Å². The van der Waals surface area contributed by atoms with Gasteiger partial charge in [0.05, 0.1) is 19.6 Å². The SMILES string of the molecule is O=C(Cc1cc(=O)[nH]c(=O)[nH]1)NCCCOCCO. The van der Waals surface area contributed by atoms with Gasteiger partial charge >= 0.3 is 5.69 Å². The van der Waals surface area contributed by atoms with E-state index in [9.17, 15) is 14.4 Å². The van der Waals surface area contributed by atoms with Gasteiger partial charge in [-0.3, -0.25) is 14.6 Å². The van der Waals surface area contributed by atoms with E-state index >= 15 is 0 Å². The molecule has 0 atom stereocenters. The second-order valence-electron chi connectivity index (χ2n) is 3.83. The van der Waals surface area contributed by atoms with Gasteiger partial charge in [-0.2, -0.15) is 0 Å². The van der Waals surface area contributed by atoms with Crippen LogP contribution < -0.4 is 16.6 Å². The number of aliphatic hydroxyl groups is 1. The van der Waals surface area contributed by atoms with Crippen LogP contribution in [0.1, 0.15) is 12.1 Å². The number of rotatable bonds is 8. The lowest BCUT2D eigenvalue weighted by atomic mass is 10.3. The number of aromatic nitrogens is 2. The quantitative estimate of drug-likeness (QED) is 0.412. The van der Waals surface area contributed by atoms with Crippen molar-refractivity contribution in [3.63, 3.8) is 0 Å². The Morgan fingerprint density at radius 1 is 1.32 bits per heavy atom. The van der Waals surface area contributed by atoms with Gasteiger partial charge in [-0.1, -0.05) is 0 Å². The van der Waals surface area contributed by atoms with Crippen molar-refractivity contribution in [2.45, 2.75) is 12.8 Å². The van der Waals surface area contributed by atoms with Crippen LogP contribution in [-0.2, 0) is 16.0 Å². The van der Waals surface area contributed by atoms with Crippen molar-refractivity contribution in [1.29, 1.82) is 0 Å². The Morgan fingerprint density at radius 3 is 2.79 bits per heavy atom. The van der Waals surface area contributed by atoms with E-state index in [-0.39, 0.29) is 31.2 Å². The molecule has 0 aliphatic heterocycles. The molecule has 0 aromatic carbocycles.